The molecular weight excluding hydrogens is 354 g/mol. The summed E-state index contributed by atoms with van der Waals surface area (Å²) in [7, 11) is 4.33. The van der Waals surface area contributed by atoms with Crippen LogP contribution in [0.5, 0.6) is 23.0 Å². The first-order chi connectivity index (χ1) is 13.0. The Labute approximate surface area is 155 Å². The summed E-state index contributed by atoms with van der Waals surface area (Å²) in [5.74, 6) is -0.801. The monoisotopic (exact) mass is 373 g/mol. The third-order valence-corrected chi connectivity index (χ3v) is 3.44. The van der Waals surface area contributed by atoms with Gasteiger partial charge in [-0.1, -0.05) is 0 Å². The Morgan fingerprint density at radius 1 is 0.963 bits per heavy atom. The van der Waals surface area contributed by atoms with Gasteiger partial charge in [-0.15, -0.1) is 0 Å². The molecule has 2 aromatic rings. The Bertz CT molecular complexity index is 866. The molecule has 9 nitrogen and oxygen atoms in total. The SMILES string of the molecule is COc1ccc(OC)c(NC(=O)C(=O)N/N=C/c2ccc(O)c(OC)c2)c1. The second-order valence-electron chi connectivity index (χ2n) is 5.15. The van der Waals surface area contributed by atoms with Crippen LogP contribution in [-0.4, -0.2) is 44.5 Å². The van der Waals surface area contributed by atoms with Crippen LogP contribution in [-0.2, 0) is 9.59 Å². The van der Waals surface area contributed by atoms with Crippen LogP contribution < -0.4 is 25.0 Å². The maximum atomic E-state index is 12.0. The van der Waals surface area contributed by atoms with Crippen LogP contribution in [0.3, 0.4) is 0 Å². The quantitative estimate of drug-likeness (QED) is 0.401. The van der Waals surface area contributed by atoms with E-state index in [1.807, 2.05) is 0 Å². The number of hydrazone groups is 1. The highest BCUT2D eigenvalue weighted by atomic mass is 16.5. The van der Waals surface area contributed by atoms with Gasteiger partial charge in [-0.05, 0) is 35.9 Å². The van der Waals surface area contributed by atoms with Crippen LogP contribution in [0, 0.1) is 0 Å². The molecular formula is C18H19N3O6. The van der Waals surface area contributed by atoms with E-state index in [-0.39, 0.29) is 17.2 Å². The molecule has 2 amide bonds. The summed E-state index contributed by atoms with van der Waals surface area (Å²) in [5, 5.41) is 15.7. The summed E-state index contributed by atoms with van der Waals surface area (Å²) in [4.78, 5) is 23.9. The van der Waals surface area contributed by atoms with Crippen molar-refractivity contribution < 1.29 is 28.9 Å². The van der Waals surface area contributed by atoms with E-state index in [0.717, 1.165) is 0 Å². The summed E-state index contributed by atoms with van der Waals surface area (Å²) < 4.78 is 15.2. The molecule has 0 saturated carbocycles. The molecule has 3 N–H and O–H groups in total. The smallest absolute Gasteiger partial charge is 0.329 e. The predicted molar refractivity (Wildman–Crippen MR) is 98.6 cm³/mol. The third-order valence-electron chi connectivity index (χ3n) is 3.44. The number of hydrogen-bond acceptors (Lipinski definition) is 7. The number of phenols is 1. The van der Waals surface area contributed by atoms with Gasteiger partial charge in [0.05, 0.1) is 33.2 Å². The van der Waals surface area contributed by atoms with Crippen LogP contribution >= 0.6 is 0 Å². The number of benzene rings is 2. The molecule has 0 aliphatic carbocycles. The lowest BCUT2D eigenvalue weighted by molar-refractivity contribution is -0.136. The number of ether oxygens (including phenoxy) is 3. The fourth-order valence-corrected chi connectivity index (χ4v) is 2.08. The molecule has 0 radical (unpaired) electrons. The van der Waals surface area contributed by atoms with Crippen molar-refractivity contribution >= 4 is 23.7 Å². The van der Waals surface area contributed by atoms with Gasteiger partial charge in [0, 0.05) is 6.07 Å². The summed E-state index contributed by atoms with van der Waals surface area (Å²) in [6, 6.07) is 9.29. The average Bonchev–Trinajstić information content (AvgIpc) is 2.68. The molecule has 2 rings (SSSR count). The standard InChI is InChI=1S/C18H19N3O6/c1-25-12-5-7-15(26-2)13(9-12)20-17(23)18(24)21-19-10-11-4-6-14(22)16(8-11)27-3/h4-10,22H,1-3H3,(H,20,23)(H,21,24)/b19-10+. The van der Waals surface area contributed by atoms with Crippen molar-refractivity contribution in [3.8, 4) is 23.0 Å². The van der Waals surface area contributed by atoms with Gasteiger partial charge in [-0.3, -0.25) is 9.59 Å². The van der Waals surface area contributed by atoms with Crippen LogP contribution in [0.15, 0.2) is 41.5 Å². The first-order valence-electron chi connectivity index (χ1n) is 7.72. The topological polar surface area (TPSA) is 118 Å². The Balaban J connectivity index is 2.01. The van der Waals surface area contributed by atoms with Gasteiger partial charge in [0.2, 0.25) is 0 Å². The highest BCUT2D eigenvalue weighted by molar-refractivity contribution is 6.39. The third kappa shape index (κ3) is 5.11. The van der Waals surface area contributed by atoms with E-state index in [2.05, 4.69) is 15.8 Å². The molecule has 0 bridgehead atoms. The fraction of sp³-hybridized carbons (Fsp3) is 0.167. The minimum atomic E-state index is -0.970. The number of nitrogens with one attached hydrogen (secondary N) is 2. The second-order valence-corrected chi connectivity index (χ2v) is 5.15. The van der Waals surface area contributed by atoms with E-state index in [1.165, 1.54) is 45.7 Å². The van der Waals surface area contributed by atoms with Gasteiger partial charge in [0.1, 0.15) is 11.5 Å². The highest BCUT2D eigenvalue weighted by Crippen LogP contribution is 2.28. The minimum Gasteiger partial charge on any atom is -0.504 e. The number of methoxy groups -OCH3 is 3. The normalized spacial score (nSPS) is 10.3. The van der Waals surface area contributed by atoms with Gasteiger partial charge in [-0.2, -0.15) is 5.10 Å². The van der Waals surface area contributed by atoms with Crippen molar-refractivity contribution in [1.82, 2.24) is 5.43 Å². The van der Waals surface area contributed by atoms with Crippen molar-refractivity contribution in [2.75, 3.05) is 26.6 Å². The molecule has 9 heteroatoms. The first kappa shape index (κ1) is 19.6. The summed E-state index contributed by atoms with van der Waals surface area (Å²) in [5.41, 5.74) is 2.95. The lowest BCUT2D eigenvalue weighted by atomic mass is 10.2. The van der Waals surface area contributed by atoms with Crippen molar-refractivity contribution in [3.63, 3.8) is 0 Å². The van der Waals surface area contributed by atoms with Crippen molar-refractivity contribution in [1.29, 1.82) is 0 Å². The number of nitrogens with zero attached hydrogens (tertiary/aromatic N) is 1. The molecule has 142 valence electrons. The molecule has 27 heavy (non-hydrogen) atoms. The molecule has 0 unspecified atom stereocenters. The zero-order chi connectivity index (χ0) is 19.8. The van der Waals surface area contributed by atoms with E-state index in [9.17, 15) is 14.7 Å². The molecule has 0 heterocycles. The molecule has 0 aromatic heterocycles. The van der Waals surface area contributed by atoms with Crippen molar-refractivity contribution in [3.05, 3.63) is 42.0 Å². The maximum Gasteiger partial charge on any atom is 0.329 e. The first-order valence-corrected chi connectivity index (χ1v) is 7.72. The van der Waals surface area contributed by atoms with Gasteiger partial charge >= 0.3 is 11.8 Å². The number of rotatable bonds is 6. The Hall–Kier alpha value is -3.75. The minimum absolute atomic E-state index is 0.0229. The molecule has 2 aromatic carbocycles. The number of anilines is 1. The second kappa shape index (κ2) is 9.09. The van der Waals surface area contributed by atoms with Gasteiger partial charge in [-0.25, -0.2) is 5.43 Å². The zero-order valence-electron chi connectivity index (χ0n) is 15.0. The molecule has 0 saturated heterocycles. The van der Waals surface area contributed by atoms with E-state index >= 15 is 0 Å². The number of carbonyl (C=O) groups excluding carboxylic acids is 2. The van der Waals surface area contributed by atoms with Crippen molar-refractivity contribution in [2.45, 2.75) is 0 Å². The largest absolute Gasteiger partial charge is 0.504 e. The van der Waals surface area contributed by atoms with E-state index in [4.69, 9.17) is 14.2 Å². The van der Waals surface area contributed by atoms with Crippen LogP contribution in [0.2, 0.25) is 0 Å². The summed E-state index contributed by atoms with van der Waals surface area (Å²) in [6.45, 7) is 0. The van der Waals surface area contributed by atoms with E-state index in [0.29, 0.717) is 17.1 Å². The van der Waals surface area contributed by atoms with E-state index in [1.54, 1.807) is 18.2 Å². The average molecular weight is 373 g/mol. The van der Waals surface area contributed by atoms with Gasteiger partial charge in [0.15, 0.2) is 11.5 Å². The summed E-state index contributed by atoms with van der Waals surface area (Å²) in [6.07, 6.45) is 1.30. The van der Waals surface area contributed by atoms with Gasteiger partial charge < -0.3 is 24.6 Å². The maximum absolute atomic E-state index is 12.0. The number of phenolic OH excluding ortho intramolecular Hbond substituents is 1. The lowest BCUT2D eigenvalue weighted by Crippen LogP contribution is -2.32. The fourth-order valence-electron chi connectivity index (χ4n) is 2.08. The van der Waals surface area contributed by atoms with Crippen LogP contribution in [0.4, 0.5) is 5.69 Å². The zero-order valence-corrected chi connectivity index (χ0v) is 15.0. The van der Waals surface area contributed by atoms with Crippen molar-refractivity contribution in [2.24, 2.45) is 5.10 Å². The Morgan fingerprint density at radius 2 is 1.70 bits per heavy atom. The van der Waals surface area contributed by atoms with Crippen LogP contribution in [0.25, 0.3) is 0 Å². The van der Waals surface area contributed by atoms with E-state index < -0.39 is 11.8 Å². The molecule has 0 atom stereocenters. The Morgan fingerprint density at radius 3 is 2.37 bits per heavy atom. The lowest BCUT2D eigenvalue weighted by Gasteiger charge is -2.11. The Kier molecular flexibility index (Phi) is 6.59. The predicted octanol–water partition coefficient (Wildman–Crippen LogP) is 1.51. The number of carbonyl (C=O) groups is 2. The molecule has 0 fully saturated rings. The molecule has 0 spiro atoms. The highest BCUT2D eigenvalue weighted by Gasteiger charge is 2.16. The molecule has 0 aliphatic rings. The van der Waals surface area contributed by atoms with Crippen LogP contribution in [0.1, 0.15) is 5.56 Å². The number of hydrogen-bond donors (Lipinski definition) is 3. The summed E-state index contributed by atoms with van der Waals surface area (Å²) >= 11 is 0. The number of amides is 2. The molecule has 0 aliphatic heterocycles. The van der Waals surface area contributed by atoms with Gasteiger partial charge in [0.25, 0.3) is 0 Å². The number of aromatic hydroxyl groups is 1.